The average molecular weight is 242 g/mol. The molecule has 0 saturated heterocycles. The summed E-state index contributed by atoms with van der Waals surface area (Å²) in [5.74, 6) is 0.666. The number of amides is 1. The molecule has 0 aromatic heterocycles. The number of nitrogens with one attached hydrogen (secondary N) is 1. The van der Waals surface area contributed by atoms with Gasteiger partial charge in [-0.05, 0) is 31.6 Å². The van der Waals surface area contributed by atoms with Gasteiger partial charge in [-0.15, -0.1) is 0 Å². The summed E-state index contributed by atoms with van der Waals surface area (Å²) in [6.45, 7) is 4.11. The number of hydrogen-bond acceptors (Lipinski definition) is 3. The lowest BCUT2D eigenvalue weighted by Gasteiger charge is -2.26. The van der Waals surface area contributed by atoms with E-state index >= 15 is 0 Å². The summed E-state index contributed by atoms with van der Waals surface area (Å²) in [6, 6.07) is 0.332. The first-order valence-corrected chi connectivity index (χ1v) is 6.82. The van der Waals surface area contributed by atoms with Crippen molar-refractivity contribution < 1.29 is 9.53 Å². The Morgan fingerprint density at radius 1 is 1.41 bits per heavy atom. The van der Waals surface area contributed by atoms with Crippen molar-refractivity contribution in [1.82, 2.24) is 5.32 Å². The molecule has 0 radical (unpaired) electrons. The summed E-state index contributed by atoms with van der Waals surface area (Å²) in [5, 5.41) is 2.98. The highest BCUT2D eigenvalue weighted by Gasteiger charge is 2.19. The van der Waals surface area contributed by atoms with Crippen LogP contribution >= 0.6 is 0 Å². The van der Waals surface area contributed by atoms with Gasteiger partial charge in [0.15, 0.2) is 0 Å². The van der Waals surface area contributed by atoms with Gasteiger partial charge in [-0.25, -0.2) is 0 Å². The lowest BCUT2D eigenvalue weighted by atomic mass is 9.86. The van der Waals surface area contributed by atoms with Crippen LogP contribution < -0.4 is 11.1 Å². The predicted octanol–water partition coefficient (Wildman–Crippen LogP) is 1.44. The van der Waals surface area contributed by atoms with Crippen molar-refractivity contribution in [3.63, 3.8) is 0 Å². The maximum atomic E-state index is 11.5. The number of ether oxygens (including phenoxy) is 1. The summed E-state index contributed by atoms with van der Waals surface area (Å²) in [4.78, 5) is 11.5. The normalized spacial score (nSPS) is 24.6. The van der Waals surface area contributed by atoms with Crippen molar-refractivity contribution in [2.45, 2.75) is 51.5 Å². The fourth-order valence-corrected chi connectivity index (χ4v) is 2.28. The molecule has 3 N–H and O–H groups in total. The Labute approximate surface area is 104 Å². The van der Waals surface area contributed by atoms with Crippen LogP contribution in [0.1, 0.15) is 45.4 Å². The molecule has 17 heavy (non-hydrogen) atoms. The van der Waals surface area contributed by atoms with E-state index in [4.69, 9.17) is 10.5 Å². The van der Waals surface area contributed by atoms with Crippen LogP contribution in [0.2, 0.25) is 0 Å². The van der Waals surface area contributed by atoms with Gasteiger partial charge in [-0.3, -0.25) is 4.79 Å². The summed E-state index contributed by atoms with van der Waals surface area (Å²) < 4.78 is 5.28. The summed E-state index contributed by atoms with van der Waals surface area (Å²) in [7, 11) is 0. The molecule has 4 nitrogen and oxygen atoms in total. The van der Waals surface area contributed by atoms with Crippen LogP contribution in [0.3, 0.4) is 0 Å². The van der Waals surface area contributed by atoms with Gasteiger partial charge in [-0.1, -0.05) is 13.3 Å². The average Bonchev–Trinajstić information content (AvgIpc) is 2.32. The van der Waals surface area contributed by atoms with Crippen LogP contribution in [0.15, 0.2) is 0 Å². The molecular weight excluding hydrogens is 216 g/mol. The molecular formula is C13H26N2O2. The fraction of sp³-hybridized carbons (Fsp3) is 0.923. The Kier molecular flexibility index (Phi) is 7.21. The SMILES string of the molecule is CCCOCCC(=O)NCC1CCCC(N)C1. The van der Waals surface area contributed by atoms with Crippen molar-refractivity contribution in [3.8, 4) is 0 Å². The third-order valence-electron chi connectivity index (χ3n) is 3.23. The smallest absolute Gasteiger partial charge is 0.222 e. The Bertz CT molecular complexity index is 221. The number of nitrogens with two attached hydrogens (primary N) is 1. The zero-order valence-corrected chi connectivity index (χ0v) is 10.9. The van der Waals surface area contributed by atoms with E-state index in [1.54, 1.807) is 0 Å². The predicted molar refractivity (Wildman–Crippen MR) is 68.7 cm³/mol. The van der Waals surface area contributed by atoms with Gasteiger partial charge in [0.25, 0.3) is 0 Å². The minimum absolute atomic E-state index is 0.0975. The molecule has 1 saturated carbocycles. The molecule has 0 aliphatic heterocycles. The molecule has 1 aliphatic rings. The first kappa shape index (κ1) is 14.5. The fourth-order valence-electron chi connectivity index (χ4n) is 2.28. The van der Waals surface area contributed by atoms with E-state index in [-0.39, 0.29) is 5.91 Å². The van der Waals surface area contributed by atoms with Crippen molar-refractivity contribution in [1.29, 1.82) is 0 Å². The molecule has 2 unspecified atom stereocenters. The second-order valence-electron chi connectivity index (χ2n) is 4.96. The highest BCUT2D eigenvalue weighted by molar-refractivity contribution is 5.75. The maximum Gasteiger partial charge on any atom is 0.222 e. The van der Waals surface area contributed by atoms with E-state index in [1.165, 1.54) is 12.8 Å². The van der Waals surface area contributed by atoms with E-state index in [9.17, 15) is 4.79 Å². The van der Waals surface area contributed by atoms with Gasteiger partial charge in [-0.2, -0.15) is 0 Å². The van der Waals surface area contributed by atoms with Crippen LogP contribution in [0.25, 0.3) is 0 Å². The second-order valence-corrected chi connectivity index (χ2v) is 4.96. The Hall–Kier alpha value is -0.610. The maximum absolute atomic E-state index is 11.5. The molecule has 0 spiro atoms. The minimum Gasteiger partial charge on any atom is -0.381 e. The quantitative estimate of drug-likeness (QED) is 0.664. The third-order valence-corrected chi connectivity index (χ3v) is 3.23. The standard InChI is InChI=1S/C13H26N2O2/c1-2-7-17-8-6-13(16)15-10-11-4-3-5-12(14)9-11/h11-12H,2-10,14H2,1H3,(H,15,16). The Morgan fingerprint density at radius 3 is 2.94 bits per heavy atom. The van der Waals surface area contributed by atoms with Gasteiger partial charge in [0, 0.05) is 25.6 Å². The van der Waals surface area contributed by atoms with Crippen molar-refractivity contribution in [2.24, 2.45) is 11.7 Å². The molecule has 2 atom stereocenters. The van der Waals surface area contributed by atoms with Crippen LogP contribution in [0.5, 0.6) is 0 Å². The van der Waals surface area contributed by atoms with E-state index in [2.05, 4.69) is 12.2 Å². The van der Waals surface area contributed by atoms with Crippen molar-refractivity contribution >= 4 is 5.91 Å². The van der Waals surface area contributed by atoms with Crippen LogP contribution in [0.4, 0.5) is 0 Å². The molecule has 1 rings (SSSR count). The van der Waals surface area contributed by atoms with E-state index in [0.717, 1.165) is 32.4 Å². The van der Waals surface area contributed by atoms with Gasteiger partial charge >= 0.3 is 0 Å². The molecule has 1 aliphatic carbocycles. The molecule has 1 fully saturated rings. The van der Waals surface area contributed by atoms with Crippen molar-refractivity contribution in [2.75, 3.05) is 19.8 Å². The van der Waals surface area contributed by atoms with E-state index < -0.39 is 0 Å². The number of rotatable bonds is 7. The van der Waals surface area contributed by atoms with Crippen molar-refractivity contribution in [3.05, 3.63) is 0 Å². The van der Waals surface area contributed by atoms with Gasteiger partial charge < -0.3 is 15.8 Å². The molecule has 0 bridgehead atoms. The lowest BCUT2D eigenvalue weighted by molar-refractivity contribution is -0.122. The van der Waals surface area contributed by atoms with E-state index in [1.807, 2.05) is 0 Å². The van der Waals surface area contributed by atoms with Gasteiger partial charge in [0.05, 0.1) is 6.61 Å². The molecule has 100 valence electrons. The van der Waals surface area contributed by atoms with Crippen LogP contribution in [-0.2, 0) is 9.53 Å². The number of carbonyl (C=O) groups is 1. The Morgan fingerprint density at radius 2 is 2.24 bits per heavy atom. The lowest BCUT2D eigenvalue weighted by Crippen LogP contribution is -2.35. The zero-order chi connectivity index (χ0) is 12.5. The van der Waals surface area contributed by atoms with Crippen LogP contribution in [0, 0.1) is 5.92 Å². The number of hydrogen-bond donors (Lipinski definition) is 2. The molecule has 1 amide bonds. The zero-order valence-electron chi connectivity index (χ0n) is 10.9. The monoisotopic (exact) mass is 242 g/mol. The third kappa shape index (κ3) is 6.64. The first-order chi connectivity index (χ1) is 8.22. The summed E-state index contributed by atoms with van der Waals surface area (Å²) in [6.07, 6.45) is 6.05. The topological polar surface area (TPSA) is 64.3 Å². The largest absolute Gasteiger partial charge is 0.381 e. The first-order valence-electron chi connectivity index (χ1n) is 6.82. The molecule has 0 aromatic rings. The summed E-state index contributed by atoms with van der Waals surface area (Å²) >= 11 is 0. The van der Waals surface area contributed by atoms with Gasteiger partial charge in [0.2, 0.25) is 5.91 Å². The second kappa shape index (κ2) is 8.48. The van der Waals surface area contributed by atoms with Gasteiger partial charge in [0.1, 0.15) is 0 Å². The van der Waals surface area contributed by atoms with Crippen LogP contribution in [-0.4, -0.2) is 31.7 Å². The number of carbonyl (C=O) groups excluding carboxylic acids is 1. The highest BCUT2D eigenvalue weighted by Crippen LogP contribution is 2.22. The minimum atomic E-state index is 0.0975. The molecule has 0 aromatic carbocycles. The summed E-state index contributed by atoms with van der Waals surface area (Å²) in [5.41, 5.74) is 5.91. The molecule has 0 heterocycles. The Balaban J connectivity index is 2.02. The van der Waals surface area contributed by atoms with E-state index in [0.29, 0.717) is 25.0 Å². The molecule has 4 heteroatoms. The highest BCUT2D eigenvalue weighted by atomic mass is 16.5.